The van der Waals surface area contributed by atoms with Crippen LogP contribution in [0.5, 0.6) is 5.88 Å². The van der Waals surface area contributed by atoms with Crippen molar-refractivity contribution in [3.63, 3.8) is 0 Å². The standard InChI is InChI=1S/C11H15N3O3/c1-12-7-8-4-10(5-8)17-11-6-9(14(15)16)2-3-13-11/h2-3,6,8,10,12H,4-5,7H2,1H3. The molecule has 1 aliphatic carbocycles. The van der Waals surface area contributed by atoms with Crippen LogP contribution in [0, 0.1) is 16.0 Å². The van der Waals surface area contributed by atoms with E-state index in [2.05, 4.69) is 10.3 Å². The summed E-state index contributed by atoms with van der Waals surface area (Å²) in [6, 6.07) is 2.73. The summed E-state index contributed by atoms with van der Waals surface area (Å²) in [4.78, 5) is 14.1. The second kappa shape index (κ2) is 5.09. The molecule has 1 N–H and O–H groups in total. The fraction of sp³-hybridized carbons (Fsp3) is 0.545. The van der Waals surface area contributed by atoms with Gasteiger partial charge in [-0.05, 0) is 32.4 Å². The van der Waals surface area contributed by atoms with Crippen molar-refractivity contribution in [1.82, 2.24) is 10.3 Å². The maximum Gasteiger partial charge on any atom is 0.276 e. The summed E-state index contributed by atoms with van der Waals surface area (Å²) in [6.07, 6.45) is 3.50. The van der Waals surface area contributed by atoms with Gasteiger partial charge in [0.05, 0.1) is 11.0 Å². The van der Waals surface area contributed by atoms with E-state index in [9.17, 15) is 10.1 Å². The maximum atomic E-state index is 10.6. The summed E-state index contributed by atoms with van der Waals surface area (Å²) in [7, 11) is 1.93. The molecule has 1 fully saturated rings. The highest BCUT2D eigenvalue weighted by Crippen LogP contribution is 2.30. The van der Waals surface area contributed by atoms with Crippen LogP contribution in [0.2, 0.25) is 0 Å². The molecule has 0 aromatic carbocycles. The molecule has 1 saturated carbocycles. The monoisotopic (exact) mass is 237 g/mol. The fourth-order valence-corrected chi connectivity index (χ4v) is 1.97. The van der Waals surface area contributed by atoms with Crippen molar-refractivity contribution in [3.8, 4) is 5.88 Å². The Morgan fingerprint density at radius 2 is 2.41 bits per heavy atom. The summed E-state index contributed by atoms with van der Waals surface area (Å²) >= 11 is 0. The van der Waals surface area contributed by atoms with Gasteiger partial charge in [-0.2, -0.15) is 0 Å². The summed E-state index contributed by atoms with van der Waals surface area (Å²) in [5.41, 5.74) is 0.0149. The van der Waals surface area contributed by atoms with Crippen LogP contribution >= 0.6 is 0 Å². The molecule has 0 aliphatic heterocycles. The molecular weight excluding hydrogens is 222 g/mol. The number of hydrogen-bond acceptors (Lipinski definition) is 5. The van der Waals surface area contributed by atoms with Gasteiger partial charge in [0, 0.05) is 12.3 Å². The minimum Gasteiger partial charge on any atom is -0.474 e. The van der Waals surface area contributed by atoms with Crippen LogP contribution in [0.1, 0.15) is 12.8 Å². The molecule has 0 saturated heterocycles. The molecule has 1 aromatic heterocycles. The summed E-state index contributed by atoms with van der Waals surface area (Å²) < 4.78 is 5.57. The molecule has 1 heterocycles. The van der Waals surface area contributed by atoms with Gasteiger partial charge in [-0.3, -0.25) is 10.1 Å². The zero-order chi connectivity index (χ0) is 12.3. The molecule has 0 unspecified atom stereocenters. The molecule has 6 heteroatoms. The molecule has 92 valence electrons. The highest BCUT2D eigenvalue weighted by Gasteiger charge is 2.30. The number of ether oxygens (including phenoxy) is 1. The van der Waals surface area contributed by atoms with Crippen molar-refractivity contribution in [1.29, 1.82) is 0 Å². The minimum atomic E-state index is -0.445. The SMILES string of the molecule is CNCC1CC(Oc2cc([N+](=O)[O-])ccn2)C1. The molecule has 1 aromatic rings. The van der Waals surface area contributed by atoms with Gasteiger partial charge in [-0.1, -0.05) is 0 Å². The molecule has 0 bridgehead atoms. The van der Waals surface area contributed by atoms with Crippen LogP contribution < -0.4 is 10.1 Å². The zero-order valence-electron chi connectivity index (χ0n) is 9.63. The highest BCUT2D eigenvalue weighted by atomic mass is 16.6. The van der Waals surface area contributed by atoms with E-state index in [-0.39, 0.29) is 11.8 Å². The van der Waals surface area contributed by atoms with Crippen molar-refractivity contribution >= 4 is 5.69 Å². The molecule has 0 amide bonds. The van der Waals surface area contributed by atoms with Gasteiger partial charge >= 0.3 is 0 Å². The normalized spacial score (nSPS) is 22.9. The Kier molecular flexibility index (Phi) is 3.53. The zero-order valence-corrected chi connectivity index (χ0v) is 9.63. The molecule has 0 radical (unpaired) electrons. The van der Waals surface area contributed by atoms with E-state index in [4.69, 9.17) is 4.74 Å². The lowest BCUT2D eigenvalue weighted by Crippen LogP contribution is -2.38. The lowest BCUT2D eigenvalue weighted by Gasteiger charge is -2.34. The van der Waals surface area contributed by atoms with E-state index < -0.39 is 4.92 Å². The van der Waals surface area contributed by atoms with Gasteiger partial charge in [0.2, 0.25) is 5.88 Å². The first-order valence-electron chi connectivity index (χ1n) is 5.60. The first-order valence-corrected chi connectivity index (χ1v) is 5.60. The Labute approximate surface area is 99.2 Å². The Morgan fingerprint density at radius 1 is 1.65 bits per heavy atom. The summed E-state index contributed by atoms with van der Waals surface area (Å²) in [5, 5.41) is 13.7. The van der Waals surface area contributed by atoms with Gasteiger partial charge in [-0.25, -0.2) is 4.98 Å². The molecule has 2 rings (SSSR count). The lowest BCUT2D eigenvalue weighted by atomic mass is 9.82. The minimum absolute atomic E-state index is 0.0149. The fourth-order valence-electron chi connectivity index (χ4n) is 1.97. The van der Waals surface area contributed by atoms with Crippen molar-refractivity contribution in [2.24, 2.45) is 5.92 Å². The number of nitrogens with zero attached hydrogens (tertiary/aromatic N) is 2. The number of nitro groups is 1. The number of pyridine rings is 1. The van der Waals surface area contributed by atoms with Crippen LogP contribution in [0.15, 0.2) is 18.3 Å². The Hall–Kier alpha value is -1.69. The Balaban J connectivity index is 1.88. The third-order valence-electron chi connectivity index (χ3n) is 2.90. The average Bonchev–Trinajstić information content (AvgIpc) is 2.27. The Morgan fingerprint density at radius 3 is 3.06 bits per heavy atom. The topological polar surface area (TPSA) is 77.3 Å². The van der Waals surface area contributed by atoms with Crippen molar-refractivity contribution in [3.05, 3.63) is 28.4 Å². The molecular formula is C11H15N3O3. The van der Waals surface area contributed by atoms with Crippen molar-refractivity contribution in [2.75, 3.05) is 13.6 Å². The highest BCUT2D eigenvalue weighted by molar-refractivity contribution is 5.32. The van der Waals surface area contributed by atoms with Crippen LogP contribution in [-0.2, 0) is 0 Å². The molecule has 6 nitrogen and oxygen atoms in total. The molecule has 0 atom stereocenters. The summed E-state index contributed by atoms with van der Waals surface area (Å²) in [6.45, 7) is 0.988. The molecule has 1 aliphatic rings. The van der Waals surface area contributed by atoms with Crippen LogP contribution in [-0.4, -0.2) is 29.6 Å². The van der Waals surface area contributed by atoms with Crippen molar-refractivity contribution < 1.29 is 9.66 Å². The van der Waals surface area contributed by atoms with Gasteiger partial charge in [0.1, 0.15) is 6.10 Å². The Bertz CT molecular complexity index is 405. The summed E-state index contributed by atoms with van der Waals surface area (Å²) in [5.74, 6) is 0.982. The van der Waals surface area contributed by atoms with Gasteiger partial charge in [0.25, 0.3) is 5.69 Å². The molecule has 17 heavy (non-hydrogen) atoms. The van der Waals surface area contributed by atoms with Crippen LogP contribution in [0.25, 0.3) is 0 Å². The first kappa shape index (κ1) is 11.8. The van der Waals surface area contributed by atoms with Gasteiger partial charge < -0.3 is 10.1 Å². The van der Waals surface area contributed by atoms with Crippen LogP contribution in [0.4, 0.5) is 5.69 Å². The van der Waals surface area contributed by atoms with Gasteiger partial charge in [-0.15, -0.1) is 0 Å². The van der Waals surface area contributed by atoms with Gasteiger partial charge in [0.15, 0.2) is 0 Å². The van der Waals surface area contributed by atoms with Crippen molar-refractivity contribution in [2.45, 2.75) is 18.9 Å². The number of rotatable bonds is 5. The third kappa shape index (κ3) is 2.91. The van der Waals surface area contributed by atoms with E-state index in [1.54, 1.807) is 0 Å². The van der Waals surface area contributed by atoms with E-state index in [0.717, 1.165) is 19.4 Å². The third-order valence-corrected chi connectivity index (χ3v) is 2.90. The average molecular weight is 237 g/mol. The maximum absolute atomic E-state index is 10.6. The molecule has 0 spiro atoms. The van der Waals surface area contributed by atoms with Crippen LogP contribution in [0.3, 0.4) is 0 Å². The van der Waals surface area contributed by atoms with E-state index in [0.29, 0.717) is 11.8 Å². The number of hydrogen-bond donors (Lipinski definition) is 1. The second-order valence-electron chi connectivity index (χ2n) is 4.24. The smallest absolute Gasteiger partial charge is 0.276 e. The number of nitrogens with one attached hydrogen (secondary N) is 1. The van der Waals surface area contributed by atoms with E-state index in [1.807, 2.05) is 7.05 Å². The second-order valence-corrected chi connectivity index (χ2v) is 4.24. The van der Waals surface area contributed by atoms with E-state index in [1.165, 1.54) is 18.3 Å². The lowest BCUT2D eigenvalue weighted by molar-refractivity contribution is -0.385. The quantitative estimate of drug-likeness (QED) is 0.618. The number of aromatic nitrogens is 1. The predicted octanol–water partition coefficient (Wildman–Crippen LogP) is 1.37. The predicted molar refractivity (Wildman–Crippen MR) is 62.0 cm³/mol. The largest absolute Gasteiger partial charge is 0.474 e. The van der Waals surface area contributed by atoms with E-state index >= 15 is 0 Å². The first-order chi connectivity index (χ1) is 8.19.